The van der Waals surface area contributed by atoms with E-state index in [0.29, 0.717) is 55.9 Å². The highest BCUT2D eigenvalue weighted by Gasteiger charge is 2.24. The molecule has 0 bridgehead atoms. The van der Waals surface area contributed by atoms with Gasteiger partial charge in [0.15, 0.2) is 6.29 Å². The topological polar surface area (TPSA) is 120 Å². The van der Waals surface area contributed by atoms with E-state index in [0.717, 1.165) is 51.4 Å². The van der Waals surface area contributed by atoms with E-state index in [1.54, 1.807) is 18.2 Å². The Bertz CT molecular complexity index is 773. The average molecular weight is 487 g/mol. The van der Waals surface area contributed by atoms with E-state index in [4.69, 9.17) is 31.3 Å². The number of nitrogen functional groups attached to an aromatic ring is 1. The summed E-state index contributed by atoms with van der Waals surface area (Å²) in [6.45, 7) is -1.68. The van der Waals surface area contributed by atoms with E-state index < -0.39 is 6.72 Å². The fraction of sp³-hybridized carbons (Fsp3) is 0.636. The first-order valence-electron chi connectivity index (χ1n) is 11.3. The van der Waals surface area contributed by atoms with E-state index in [-0.39, 0.29) is 12.0 Å². The van der Waals surface area contributed by atoms with Crippen molar-refractivity contribution in [2.45, 2.75) is 70.3 Å². The smallest absolute Gasteiger partial charge is 0.324 e. The minimum Gasteiger partial charge on any atom is -0.494 e. The van der Waals surface area contributed by atoms with Gasteiger partial charge in [0.2, 0.25) is 5.91 Å². The minimum atomic E-state index is -3.11. The summed E-state index contributed by atoms with van der Waals surface area (Å²) >= 11 is 5.06. The van der Waals surface area contributed by atoms with Gasteiger partial charge >= 0.3 is 6.72 Å². The van der Waals surface area contributed by atoms with Gasteiger partial charge in [-0.15, -0.1) is 0 Å². The Morgan fingerprint density at radius 3 is 2.66 bits per heavy atom. The predicted octanol–water partition coefficient (Wildman–Crippen LogP) is 4.11. The van der Waals surface area contributed by atoms with Crippen LogP contribution < -0.4 is 15.8 Å². The van der Waals surface area contributed by atoms with Crippen LogP contribution in [0.2, 0.25) is 0 Å². The molecular formula is C22H35N2O6PS. The SMILES string of the molecule is Nc1cc(OCCCC(=O)NCCCCCCOP(O)(=S)OC2CCCC2)ccc1C=O. The molecule has 10 heteroatoms. The molecule has 0 aliphatic heterocycles. The van der Waals surface area contributed by atoms with Gasteiger partial charge in [-0.2, -0.15) is 0 Å². The molecule has 1 atom stereocenters. The van der Waals surface area contributed by atoms with Crippen LogP contribution in [0.1, 0.15) is 74.6 Å². The number of hydrogen-bond donors (Lipinski definition) is 3. The number of nitrogens with one attached hydrogen (secondary N) is 1. The van der Waals surface area contributed by atoms with Gasteiger partial charge in [-0.1, -0.05) is 25.7 Å². The normalized spacial score (nSPS) is 15.9. The van der Waals surface area contributed by atoms with Gasteiger partial charge in [-0.05, 0) is 56.0 Å². The van der Waals surface area contributed by atoms with Gasteiger partial charge in [0.1, 0.15) is 5.75 Å². The van der Waals surface area contributed by atoms with Gasteiger partial charge < -0.3 is 29.7 Å². The first kappa shape index (κ1) is 26.7. The van der Waals surface area contributed by atoms with Crippen LogP contribution in [0.4, 0.5) is 5.69 Å². The third-order valence-electron chi connectivity index (χ3n) is 5.23. The Labute approximate surface area is 195 Å². The average Bonchev–Trinajstić information content (AvgIpc) is 3.25. The molecule has 2 rings (SSSR count). The summed E-state index contributed by atoms with van der Waals surface area (Å²) in [5, 5.41) is 2.91. The number of carbonyl (C=O) groups excluding carboxylic acids is 2. The van der Waals surface area contributed by atoms with Crippen LogP contribution in [0.5, 0.6) is 5.75 Å². The zero-order chi connectivity index (χ0) is 23.2. The van der Waals surface area contributed by atoms with Crippen LogP contribution in [0.15, 0.2) is 18.2 Å². The highest BCUT2D eigenvalue weighted by atomic mass is 32.5. The van der Waals surface area contributed by atoms with E-state index in [1.165, 1.54) is 0 Å². The summed E-state index contributed by atoms with van der Waals surface area (Å²) < 4.78 is 16.5. The molecule has 0 aromatic heterocycles. The molecule has 0 saturated heterocycles. The Balaban J connectivity index is 1.42. The van der Waals surface area contributed by atoms with Crippen molar-refractivity contribution in [2.75, 3.05) is 25.5 Å². The monoisotopic (exact) mass is 486 g/mol. The second kappa shape index (κ2) is 14.6. The molecule has 1 aromatic rings. The van der Waals surface area contributed by atoms with Gasteiger partial charge in [-0.3, -0.25) is 9.59 Å². The van der Waals surface area contributed by atoms with Crippen molar-refractivity contribution in [2.24, 2.45) is 0 Å². The van der Waals surface area contributed by atoms with E-state index in [2.05, 4.69) is 5.32 Å². The second-order valence-electron chi connectivity index (χ2n) is 7.94. The molecule has 1 saturated carbocycles. The minimum absolute atomic E-state index is 0.00205. The van der Waals surface area contributed by atoms with Gasteiger partial charge in [-0.25, -0.2) is 0 Å². The molecule has 8 nitrogen and oxygen atoms in total. The summed E-state index contributed by atoms with van der Waals surface area (Å²) in [5.74, 6) is 0.581. The van der Waals surface area contributed by atoms with Crippen molar-refractivity contribution in [3.63, 3.8) is 0 Å². The number of ether oxygens (including phenoxy) is 1. The maximum absolute atomic E-state index is 11.9. The number of nitrogens with two attached hydrogens (primary N) is 1. The van der Waals surface area contributed by atoms with Crippen molar-refractivity contribution < 1.29 is 28.3 Å². The van der Waals surface area contributed by atoms with Crippen molar-refractivity contribution in [1.29, 1.82) is 0 Å². The van der Waals surface area contributed by atoms with Crippen molar-refractivity contribution >= 4 is 36.4 Å². The predicted molar refractivity (Wildman–Crippen MR) is 128 cm³/mol. The number of amides is 1. The molecule has 180 valence electrons. The summed E-state index contributed by atoms with van der Waals surface area (Å²) in [6.07, 6.45) is 9.46. The third-order valence-corrected chi connectivity index (χ3v) is 6.88. The molecule has 0 radical (unpaired) electrons. The fourth-order valence-corrected chi connectivity index (χ4v) is 5.06. The van der Waals surface area contributed by atoms with Gasteiger partial charge in [0.05, 0.1) is 19.3 Å². The highest BCUT2D eigenvalue weighted by Crippen LogP contribution is 2.47. The van der Waals surface area contributed by atoms with Crippen LogP contribution in [-0.2, 0) is 25.6 Å². The Kier molecular flexibility index (Phi) is 12.2. The maximum Gasteiger partial charge on any atom is 0.324 e. The van der Waals surface area contributed by atoms with Crippen LogP contribution in [0, 0.1) is 0 Å². The Hall–Kier alpha value is -1.51. The third kappa shape index (κ3) is 10.9. The molecular weight excluding hydrogens is 451 g/mol. The van der Waals surface area contributed by atoms with Crippen molar-refractivity contribution in [1.82, 2.24) is 5.32 Å². The van der Waals surface area contributed by atoms with Crippen LogP contribution in [0.25, 0.3) is 0 Å². The lowest BCUT2D eigenvalue weighted by atomic mass is 10.2. The van der Waals surface area contributed by atoms with Crippen molar-refractivity contribution in [3.8, 4) is 5.75 Å². The number of hydrogen-bond acceptors (Lipinski definition) is 7. The quantitative estimate of drug-likeness (QED) is 0.138. The van der Waals surface area contributed by atoms with E-state index in [1.807, 2.05) is 0 Å². The molecule has 1 aliphatic rings. The Morgan fingerprint density at radius 2 is 1.94 bits per heavy atom. The number of unbranched alkanes of at least 4 members (excludes halogenated alkanes) is 3. The molecule has 32 heavy (non-hydrogen) atoms. The lowest BCUT2D eigenvalue weighted by molar-refractivity contribution is -0.121. The lowest BCUT2D eigenvalue weighted by Crippen LogP contribution is -2.24. The maximum atomic E-state index is 11.9. The fourth-order valence-electron chi connectivity index (χ4n) is 3.46. The standard InChI is InChI=1S/C22H35N2O6PS/c23-21-16-20(12-11-18(21)17-25)28-14-7-10-22(26)24-13-5-1-2-6-15-29-31(27,32)30-19-8-3-4-9-19/h11-12,16-17,19H,1-10,13-15,23H2,(H,24,26)(H,27,32). The molecule has 1 amide bonds. The first-order valence-corrected chi connectivity index (χ1v) is 13.9. The molecule has 1 aromatic carbocycles. The number of benzene rings is 1. The summed E-state index contributed by atoms with van der Waals surface area (Å²) in [6, 6.07) is 4.90. The molecule has 1 fully saturated rings. The first-order chi connectivity index (χ1) is 15.4. The summed E-state index contributed by atoms with van der Waals surface area (Å²) in [5.41, 5.74) is 6.54. The zero-order valence-corrected chi connectivity index (χ0v) is 20.2. The number of rotatable bonds is 16. The number of anilines is 1. The highest BCUT2D eigenvalue weighted by molar-refractivity contribution is 8.07. The largest absolute Gasteiger partial charge is 0.494 e. The van der Waals surface area contributed by atoms with Crippen LogP contribution in [-0.4, -0.2) is 42.9 Å². The zero-order valence-electron chi connectivity index (χ0n) is 18.5. The second-order valence-corrected chi connectivity index (χ2v) is 10.7. The lowest BCUT2D eigenvalue weighted by Gasteiger charge is -2.19. The molecule has 0 heterocycles. The summed E-state index contributed by atoms with van der Waals surface area (Å²) in [7, 11) is 0. The van der Waals surface area contributed by atoms with Crippen molar-refractivity contribution in [3.05, 3.63) is 23.8 Å². The molecule has 1 aliphatic carbocycles. The van der Waals surface area contributed by atoms with E-state index in [9.17, 15) is 14.5 Å². The Morgan fingerprint density at radius 1 is 1.19 bits per heavy atom. The molecule has 0 spiro atoms. The number of carbonyl (C=O) groups is 2. The molecule has 4 N–H and O–H groups in total. The van der Waals surface area contributed by atoms with Crippen LogP contribution in [0.3, 0.4) is 0 Å². The summed E-state index contributed by atoms with van der Waals surface area (Å²) in [4.78, 5) is 32.7. The van der Waals surface area contributed by atoms with Crippen LogP contribution >= 0.6 is 6.72 Å². The van der Waals surface area contributed by atoms with Gasteiger partial charge in [0.25, 0.3) is 0 Å². The molecule has 1 unspecified atom stereocenters. The van der Waals surface area contributed by atoms with Gasteiger partial charge in [0, 0.05) is 30.3 Å². The number of aldehydes is 1. The van der Waals surface area contributed by atoms with E-state index >= 15 is 0 Å².